The van der Waals surface area contributed by atoms with Gasteiger partial charge in [-0.3, -0.25) is 30.6 Å². The highest BCUT2D eigenvalue weighted by molar-refractivity contribution is 5.95. The monoisotopic (exact) mass is 382 g/mol. The van der Waals surface area contributed by atoms with Crippen LogP contribution in [0.2, 0.25) is 0 Å². The number of aryl methyl sites for hydroxylation is 1. The van der Waals surface area contributed by atoms with Crippen LogP contribution in [0.25, 0.3) is 0 Å². The molecule has 3 rings (SSSR count). The summed E-state index contributed by atoms with van der Waals surface area (Å²) in [7, 11) is 0. The molecule has 28 heavy (non-hydrogen) atoms. The van der Waals surface area contributed by atoms with Gasteiger partial charge in [0.05, 0.1) is 4.92 Å². The fourth-order valence-electron chi connectivity index (χ4n) is 3.30. The first-order valence-electron chi connectivity index (χ1n) is 9.11. The lowest BCUT2D eigenvalue weighted by molar-refractivity contribution is -0.384. The Hall–Kier alpha value is -3.42. The number of piperidine rings is 1. The molecule has 0 radical (unpaired) electrons. The number of carbonyl (C=O) groups is 2. The zero-order chi connectivity index (χ0) is 20.1. The Bertz CT molecular complexity index is 891. The van der Waals surface area contributed by atoms with Crippen LogP contribution in [0.4, 0.5) is 11.4 Å². The number of benzene rings is 2. The maximum atomic E-state index is 12.7. The van der Waals surface area contributed by atoms with Gasteiger partial charge in [0.25, 0.3) is 11.6 Å². The summed E-state index contributed by atoms with van der Waals surface area (Å²) >= 11 is 0. The number of likely N-dealkylation sites (tertiary alicyclic amines) is 1. The molecule has 2 aromatic carbocycles. The van der Waals surface area contributed by atoms with Crippen LogP contribution in [0, 0.1) is 23.0 Å². The molecule has 8 heteroatoms. The predicted octanol–water partition coefficient (Wildman–Crippen LogP) is 2.90. The van der Waals surface area contributed by atoms with Crippen molar-refractivity contribution in [3.05, 3.63) is 69.8 Å². The molecule has 2 N–H and O–H groups in total. The second-order valence-electron chi connectivity index (χ2n) is 6.77. The van der Waals surface area contributed by atoms with E-state index in [9.17, 15) is 19.7 Å². The van der Waals surface area contributed by atoms with E-state index >= 15 is 0 Å². The van der Waals surface area contributed by atoms with Crippen molar-refractivity contribution in [2.45, 2.75) is 19.8 Å². The Labute approximate surface area is 162 Å². The Morgan fingerprint density at radius 2 is 1.71 bits per heavy atom. The van der Waals surface area contributed by atoms with E-state index in [1.54, 1.807) is 17.0 Å². The molecule has 0 unspecified atom stereocenters. The van der Waals surface area contributed by atoms with Crippen molar-refractivity contribution < 1.29 is 14.5 Å². The summed E-state index contributed by atoms with van der Waals surface area (Å²) in [5.74, 6) is -0.507. The largest absolute Gasteiger partial charge is 0.339 e. The van der Waals surface area contributed by atoms with E-state index in [1.807, 2.05) is 31.2 Å². The van der Waals surface area contributed by atoms with Crippen molar-refractivity contribution in [3.63, 3.8) is 0 Å². The zero-order valence-electron chi connectivity index (χ0n) is 15.6. The van der Waals surface area contributed by atoms with Crippen molar-refractivity contribution in [1.82, 2.24) is 10.3 Å². The molecular formula is C20H22N4O4. The molecule has 1 aliphatic heterocycles. The third-order valence-electron chi connectivity index (χ3n) is 4.95. The number of hydrazine groups is 1. The van der Waals surface area contributed by atoms with Crippen LogP contribution in [0.15, 0.2) is 48.5 Å². The maximum absolute atomic E-state index is 12.7. The molecule has 0 aliphatic carbocycles. The van der Waals surface area contributed by atoms with Gasteiger partial charge in [0.2, 0.25) is 5.91 Å². The molecule has 1 saturated heterocycles. The van der Waals surface area contributed by atoms with Crippen LogP contribution in [-0.4, -0.2) is 34.7 Å². The highest BCUT2D eigenvalue weighted by atomic mass is 16.6. The lowest BCUT2D eigenvalue weighted by Crippen LogP contribution is -2.44. The first-order chi connectivity index (χ1) is 13.5. The Kier molecular flexibility index (Phi) is 5.88. The van der Waals surface area contributed by atoms with E-state index in [0.717, 1.165) is 5.56 Å². The van der Waals surface area contributed by atoms with Gasteiger partial charge in [0.1, 0.15) is 5.69 Å². The van der Waals surface area contributed by atoms with Crippen molar-refractivity contribution in [2.75, 3.05) is 18.5 Å². The van der Waals surface area contributed by atoms with Crippen LogP contribution in [0.5, 0.6) is 0 Å². The molecule has 0 saturated carbocycles. The van der Waals surface area contributed by atoms with Gasteiger partial charge in [-0.1, -0.05) is 30.3 Å². The molecule has 1 aliphatic rings. The number of hydrogen-bond acceptors (Lipinski definition) is 5. The Morgan fingerprint density at radius 3 is 2.39 bits per heavy atom. The van der Waals surface area contributed by atoms with Gasteiger partial charge < -0.3 is 4.90 Å². The van der Waals surface area contributed by atoms with Crippen LogP contribution in [0.1, 0.15) is 28.8 Å². The van der Waals surface area contributed by atoms with Crippen LogP contribution < -0.4 is 10.9 Å². The number of para-hydroxylation sites is 2. The molecule has 2 amide bonds. The van der Waals surface area contributed by atoms with E-state index in [4.69, 9.17) is 0 Å². The summed E-state index contributed by atoms with van der Waals surface area (Å²) in [4.78, 5) is 37.3. The molecule has 8 nitrogen and oxygen atoms in total. The van der Waals surface area contributed by atoms with Crippen LogP contribution in [0.3, 0.4) is 0 Å². The standard InChI is InChI=1S/C20H22N4O4/c1-14-6-2-3-7-16(14)20(26)23-12-10-15(11-13-23)19(25)22-21-17-8-4-5-9-18(17)24(27)28/h2-9,15,21H,10-13H2,1H3,(H,22,25). The lowest BCUT2D eigenvalue weighted by Gasteiger charge is -2.31. The number of hydrogen-bond donors (Lipinski definition) is 2. The summed E-state index contributed by atoms with van der Waals surface area (Å²) < 4.78 is 0. The van der Waals surface area contributed by atoms with Crippen LogP contribution >= 0.6 is 0 Å². The van der Waals surface area contributed by atoms with E-state index < -0.39 is 4.92 Å². The van der Waals surface area contributed by atoms with E-state index in [-0.39, 0.29) is 29.1 Å². The second-order valence-corrected chi connectivity index (χ2v) is 6.77. The Balaban J connectivity index is 1.54. The molecule has 1 heterocycles. The summed E-state index contributed by atoms with van der Waals surface area (Å²) in [5.41, 5.74) is 6.92. The second kappa shape index (κ2) is 8.51. The quantitative estimate of drug-likeness (QED) is 0.611. The summed E-state index contributed by atoms with van der Waals surface area (Å²) in [6.45, 7) is 2.90. The first kappa shape index (κ1) is 19.3. The van der Waals surface area contributed by atoms with Gasteiger partial charge in [0.15, 0.2) is 0 Å². The zero-order valence-corrected chi connectivity index (χ0v) is 15.6. The molecular weight excluding hydrogens is 360 g/mol. The molecule has 0 aromatic heterocycles. The van der Waals surface area contributed by atoms with Gasteiger partial charge in [-0.05, 0) is 37.5 Å². The van der Waals surface area contributed by atoms with Gasteiger partial charge in [0, 0.05) is 30.6 Å². The fraction of sp³-hybridized carbons (Fsp3) is 0.300. The SMILES string of the molecule is Cc1ccccc1C(=O)N1CCC(C(=O)NNc2ccccc2[N+](=O)[O-])CC1. The third kappa shape index (κ3) is 4.28. The number of anilines is 1. The van der Waals surface area contributed by atoms with Gasteiger partial charge in [-0.15, -0.1) is 0 Å². The smallest absolute Gasteiger partial charge is 0.294 e. The maximum Gasteiger partial charge on any atom is 0.294 e. The molecule has 0 spiro atoms. The topological polar surface area (TPSA) is 105 Å². The first-order valence-corrected chi connectivity index (χ1v) is 9.11. The molecule has 2 aromatic rings. The van der Waals surface area contributed by atoms with Gasteiger partial charge in [-0.25, -0.2) is 0 Å². The molecule has 0 atom stereocenters. The number of nitro groups is 1. The third-order valence-corrected chi connectivity index (χ3v) is 4.95. The number of nitro benzene ring substituents is 1. The van der Waals surface area contributed by atoms with Gasteiger partial charge in [-0.2, -0.15) is 0 Å². The average Bonchev–Trinajstić information content (AvgIpc) is 2.72. The summed E-state index contributed by atoms with van der Waals surface area (Å²) in [6.07, 6.45) is 1.09. The molecule has 146 valence electrons. The predicted molar refractivity (Wildman–Crippen MR) is 105 cm³/mol. The summed E-state index contributed by atoms with van der Waals surface area (Å²) in [6, 6.07) is 13.6. The highest BCUT2D eigenvalue weighted by Gasteiger charge is 2.28. The minimum atomic E-state index is -0.510. The normalized spacial score (nSPS) is 14.4. The number of nitrogens with zero attached hydrogens (tertiary/aromatic N) is 2. The van der Waals surface area contributed by atoms with Crippen molar-refractivity contribution in [2.24, 2.45) is 5.92 Å². The summed E-state index contributed by atoms with van der Waals surface area (Å²) in [5, 5.41) is 11.0. The molecule has 1 fully saturated rings. The number of rotatable bonds is 5. The number of nitrogens with one attached hydrogen (secondary N) is 2. The average molecular weight is 382 g/mol. The van der Waals surface area contributed by atoms with Crippen molar-refractivity contribution in [1.29, 1.82) is 0 Å². The van der Waals surface area contributed by atoms with Crippen LogP contribution in [-0.2, 0) is 4.79 Å². The Morgan fingerprint density at radius 1 is 1.07 bits per heavy atom. The van der Waals surface area contributed by atoms with E-state index in [0.29, 0.717) is 31.5 Å². The minimum absolute atomic E-state index is 0.0185. The van der Waals surface area contributed by atoms with Gasteiger partial charge >= 0.3 is 0 Å². The minimum Gasteiger partial charge on any atom is -0.339 e. The fourth-order valence-corrected chi connectivity index (χ4v) is 3.30. The van der Waals surface area contributed by atoms with E-state index in [2.05, 4.69) is 10.9 Å². The number of carbonyl (C=O) groups excluding carboxylic acids is 2. The van der Waals surface area contributed by atoms with Crippen molar-refractivity contribution >= 4 is 23.2 Å². The molecule has 0 bridgehead atoms. The van der Waals surface area contributed by atoms with E-state index in [1.165, 1.54) is 12.1 Å². The van der Waals surface area contributed by atoms with Crippen molar-refractivity contribution in [3.8, 4) is 0 Å². The number of amides is 2. The highest BCUT2D eigenvalue weighted by Crippen LogP contribution is 2.23. The lowest BCUT2D eigenvalue weighted by atomic mass is 9.95.